The van der Waals surface area contributed by atoms with Crippen LogP contribution in [-0.2, 0) is 15.1 Å². The average molecular weight is 353 g/mol. The minimum absolute atomic E-state index is 0.0953. The Bertz CT molecular complexity index is 694. The highest BCUT2D eigenvalue weighted by atomic mass is 35.5. The Hall–Kier alpha value is -1.55. The second kappa shape index (κ2) is 7.35. The Morgan fingerprint density at radius 2 is 1.83 bits per heavy atom. The summed E-state index contributed by atoms with van der Waals surface area (Å²) in [5.41, 5.74) is 1.11. The molecule has 23 heavy (non-hydrogen) atoms. The first-order valence-electron chi connectivity index (χ1n) is 7.27. The van der Waals surface area contributed by atoms with Crippen LogP contribution >= 0.6 is 23.2 Å². The Labute approximate surface area is 145 Å². The fraction of sp³-hybridized carbons (Fsp3) is 0.278. The summed E-state index contributed by atoms with van der Waals surface area (Å²) >= 11 is 12.1. The Kier molecular flexibility index (Phi) is 5.69. The standard InChI is InChI=1S/C18H18Cl2O3/c1-3-23-17(21)11-18(2,22)13-6-4-12(5-7-13)15-9-8-14(19)10-16(15)20/h4-10,22H,3,11H2,1-2H3. The number of rotatable bonds is 5. The van der Waals surface area contributed by atoms with Crippen molar-refractivity contribution >= 4 is 29.2 Å². The monoisotopic (exact) mass is 352 g/mol. The van der Waals surface area contributed by atoms with Crippen molar-refractivity contribution in [2.24, 2.45) is 0 Å². The number of ether oxygens (including phenoxy) is 1. The molecular formula is C18H18Cl2O3. The van der Waals surface area contributed by atoms with Crippen LogP contribution in [-0.4, -0.2) is 17.7 Å². The molecule has 0 heterocycles. The summed E-state index contributed by atoms with van der Waals surface area (Å²) in [5, 5.41) is 11.6. The van der Waals surface area contributed by atoms with Gasteiger partial charge < -0.3 is 9.84 Å². The van der Waals surface area contributed by atoms with Gasteiger partial charge in [0.15, 0.2) is 0 Å². The highest BCUT2D eigenvalue weighted by Gasteiger charge is 2.27. The van der Waals surface area contributed by atoms with E-state index in [0.717, 1.165) is 11.1 Å². The van der Waals surface area contributed by atoms with Gasteiger partial charge >= 0.3 is 5.97 Å². The van der Waals surface area contributed by atoms with E-state index in [1.54, 1.807) is 38.1 Å². The molecule has 2 aromatic carbocycles. The molecule has 0 aliphatic rings. The predicted octanol–water partition coefficient (Wildman–Crippen LogP) is 4.82. The molecule has 0 bridgehead atoms. The molecule has 0 radical (unpaired) electrons. The third-order valence-electron chi connectivity index (χ3n) is 3.54. The number of hydrogen-bond acceptors (Lipinski definition) is 3. The van der Waals surface area contributed by atoms with Crippen molar-refractivity contribution in [1.82, 2.24) is 0 Å². The maximum absolute atomic E-state index is 11.6. The lowest BCUT2D eigenvalue weighted by Gasteiger charge is -2.23. The second-order valence-electron chi connectivity index (χ2n) is 5.46. The van der Waals surface area contributed by atoms with Gasteiger partial charge in [-0.15, -0.1) is 0 Å². The van der Waals surface area contributed by atoms with Crippen LogP contribution in [0.4, 0.5) is 0 Å². The fourth-order valence-electron chi connectivity index (χ4n) is 2.33. The van der Waals surface area contributed by atoms with Gasteiger partial charge in [0, 0.05) is 15.6 Å². The fourth-order valence-corrected chi connectivity index (χ4v) is 2.85. The van der Waals surface area contributed by atoms with Crippen LogP contribution in [0.3, 0.4) is 0 Å². The normalized spacial score (nSPS) is 13.4. The molecule has 1 atom stereocenters. The number of hydrogen-bond donors (Lipinski definition) is 1. The van der Waals surface area contributed by atoms with Crippen LogP contribution in [0.2, 0.25) is 10.0 Å². The highest BCUT2D eigenvalue weighted by molar-refractivity contribution is 6.36. The average Bonchev–Trinajstić information content (AvgIpc) is 2.47. The van der Waals surface area contributed by atoms with Gasteiger partial charge in [-0.2, -0.15) is 0 Å². The summed E-state index contributed by atoms with van der Waals surface area (Å²) in [5.74, 6) is -0.428. The maximum Gasteiger partial charge on any atom is 0.309 e. The first-order chi connectivity index (χ1) is 10.8. The Morgan fingerprint density at radius 3 is 2.39 bits per heavy atom. The van der Waals surface area contributed by atoms with Crippen molar-refractivity contribution in [3.63, 3.8) is 0 Å². The van der Waals surface area contributed by atoms with Crippen LogP contribution < -0.4 is 0 Å². The molecule has 0 amide bonds. The Balaban J connectivity index is 2.23. The largest absolute Gasteiger partial charge is 0.466 e. The maximum atomic E-state index is 11.6. The van der Waals surface area contributed by atoms with Gasteiger partial charge in [-0.1, -0.05) is 53.5 Å². The van der Waals surface area contributed by atoms with Crippen LogP contribution in [0.1, 0.15) is 25.8 Å². The first-order valence-corrected chi connectivity index (χ1v) is 8.03. The summed E-state index contributed by atoms with van der Waals surface area (Å²) < 4.78 is 4.89. The number of carbonyl (C=O) groups is 1. The zero-order valence-electron chi connectivity index (χ0n) is 13.0. The summed E-state index contributed by atoms with van der Waals surface area (Å²) in [7, 11) is 0. The van der Waals surface area contributed by atoms with Crippen molar-refractivity contribution in [3.8, 4) is 11.1 Å². The minimum Gasteiger partial charge on any atom is -0.466 e. The van der Waals surface area contributed by atoms with E-state index in [-0.39, 0.29) is 6.42 Å². The van der Waals surface area contributed by atoms with E-state index >= 15 is 0 Å². The zero-order valence-corrected chi connectivity index (χ0v) is 14.5. The summed E-state index contributed by atoms with van der Waals surface area (Å²) in [4.78, 5) is 11.6. The lowest BCUT2D eigenvalue weighted by atomic mass is 9.91. The molecule has 0 saturated carbocycles. The van der Waals surface area contributed by atoms with Crippen LogP contribution in [0, 0.1) is 0 Å². The molecule has 3 nitrogen and oxygen atoms in total. The molecule has 2 rings (SSSR count). The molecule has 0 spiro atoms. The van der Waals surface area contributed by atoms with Gasteiger partial charge in [0.1, 0.15) is 0 Å². The van der Waals surface area contributed by atoms with Crippen LogP contribution in [0.5, 0.6) is 0 Å². The summed E-state index contributed by atoms with van der Waals surface area (Å²) in [6.07, 6.45) is -0.0953. The molecule has 0 fully saturated rings. The zero-order chi connectivity index (χ0) is 17.0. The van der Waals surface area contributed by atoms with Gasteiger partial charge in [0.2, 0.25) is 0 Å². The molecule has 1 N–H and O–H groups in total. The molecule has 0 saturated heterocycles. The summed E-state index contributed by atoms with van der Waals surface area (Å²) in [6, 6.07) is 12.6. The smallest absolute Gasteiger partial charge is 0.309 e. The van der Waals surface area contributed by atoms with Gasteiger partial charge in [0.25, 0.3) is 0 Å². The summed E-state index contributed by atoms with van der Waals surface area (Å²) in [6.45, 7) is 3.62. The first kappa shape index (κ1) is 17.8. The number of halogens is 2. The SMILES string of the molecule is CCOC(=O)CC(C)(O)c1ccc(-c2ccc(Cl)cc2Cl)cc1. The van der Waals surface area contributed by atoms with Crippen molar-refractivity contribution in [2.45, 2.75) is 25.9 Å². The van der Waals surface area contributed by atoms with Crippen molar-refractivity contribution in [2.75, 3.05) is 6.61 Å². The van der Waals surface area contributed by atoms with E-state index in [2.05, 4.69) is 0 Å². The van der Waals surface area contributed by atoms with Crippen LogP contribution in [0.25, 0.3) is 11.1 Å². The van der Waals surface area contributed by atoms with Gasteiger partial charge in [-0.3, -0.25) is 4.79 Å². The lowest BCUT2D eigenvalue weighted by Crippen LogP contribution is -2.26. The molecular weight excluding hydrogens is 335 g/mol. The quantitative estimate of drug-likeness (QED) is 0.784. The topological polar surface area (TPSA) is 46.5 Å². The third-order valence-corrected chi connectivity index (χ3v) is 4.09. The van der Waals surface area contributed by atoms with E-state index in [1.807, 2.05) is 18.2 Å². The number of esters is 1. The minimum atomic E-state index is -1.28. The highest BCUT2D eigenvalue weighted by Crippen LogP contribution is 2.32. The van der Waals surface area contributed by atoms with Gasteiger partial charge in [0.05, 0.1) is 18.6 Å². The second-order valence-corrected chi connectivity index (χ2v) is 6.30. The van der Waals surface area contributed by atoms with Crippen molar-refractivity contribution in [3.05, 3.63) is 58.1 Å². The van der Waals surface area contributed by atoms with Gasteiger partial charge in [-0.25, -0.2) is 0 Å². The van der Waals surface area contributed by atoms with E-state index in [0.29, 0.717) is 22.2 Å². The number of benzene rings is 2. The molecule has 2 aromatic rings. The number of aliphatic hydroxyl groups is 1. The molecule has 0 aromatic heterocycles. The molecule has 5 heteroatoms. The molecule has 0 aliphatic carbocycles. The molecule has 122 valence electrons. The third kappa shape index (κ3) is 4.47. The number of carbonyl (C=O) groups excluding carboxylic acids is 1. The predicted molar refractivity (Wildman–Crippen MR) is 92.7 cm³/mol. The Morgan fingerprint density at radius 1 is 1.17 bits per heavy atom. The lowest BCUT2D eigenvalue weighted by molar-refractivity contribution is -0.148. The molecule has 1 unspecified atom stereocenters. The van der Waals surface area contributed by atoms with Crippen molar-refractivity contribution in [1.29, 1.82) is 0 Å². The van der Waals surface area contributed by atoms with E-state index in [4.69, 9.17) is 27.9 Å². The van der Waals surface area contributed by atoms with E-state index < -0.39 is 11.6 Å². The van der Waals surface area contributed by atoms with E-state index in [9.17, 15) is 9.90 Å². The molecule has 0 aliphatic heterocycles. The van der Waals surface area contributed by atoms with E-state index in [1.165, 1.54) is 0 Å². The van der Waals surface area contributed by atoms with Gasteiger partial charge in [-0.05, 0) is 37.1 Å². The van der Waals surface area contributed by atoms with Crippen molar-refractivity contribution < 1.29 is 14.6 Å². The van der Waals surface area contributed by atoms with Crippen LogP contribution in [0.15, 0.2) is 42.5 Å².